The predicted octanol–water partition coefficient (Wildman–Crippen LogP) is 0.906. The van der Waals surface area contributed by atoms with E-state index in [2.05, 4.69) is 20.1 Å². The average molecular weight is 234 g/mol. The van der Waals surface area contributed by atoms with Gasteiger partial charge in [-0.25, -0.2) is 4.68 Å². The maximum absolute atomic E-state index is 11.9. The Kier molecular flexibility index (Phi) is 2.28. The van der Waals surface area contributed by atoms with Gasteiger partial charge in [-0.2, -0.15) is 5.10 Å². The van der Waals surface area contributed by atoms with E-state index in [0.29, 0.717) is 23.9 Å². The molecule has 2 aromatic rings. The van der Waals surface area contributed by atoms with Crippen molar-refractivity contribution in [1.29, 1.82) is 0 Å². The SMILES string of the molecule is O=C(Nc1ccon1)c1cnn2c1OCCC2. The molecule has 0 saturated carbocycles. The molecule has 0 aromatic carbocycles. The highest BCUT2D eigenvalue weighted by molar-refractivity contribution is 6.05. The van der Waals surface area contributed by atoms with Crippen LogP contribution in [0.3, 0.4) is 0 Å². The van der Waals surface area contributed by atoms with Crippen molar-refractivity contribution in [1.82, 2.24) is 14.9 Å². The quantitative estimate of drug-likeness (QED) is 0.834. The Labute approximate surface area is 96.3 Å². The lowest BCUT2D eigenvalue weighted by Crippen LogP contribution is -2.18. The lowest BCUT2D eigenvalue weighted by Gasteiger charge is -2.15. The number of ether oxygens (including phenoxy) is 1. The molecular weight excluding hydrogens is 224 g/mol. The second kappa shape index (κ2) is 3.93. The van der Waals surface area contributed by atoms with Crippen molar-refractivity contribution < 1.29 is 14.1 Å². The lowest BCUT2D eigenvalue weighted by atomic mass is 10.3. The molecule has 0 aliphatic carbocycles. The zero-order chi connectivity index (χ0) is 11.7. The van der Waals surface area contributed by atoms with Crippen molar-refractivity contribution in [3.05, 3.63) is 24.1 Å². The minimum atomic E-state index is -0.304. The Balaban J connectivity index is 1.84. The number of fused-ring (bicyclic) bond motifs is 1. The highest BCUT2D eigenvalue weighted by atomic mass is 16.5. The molecule has 17 heavy (non-hydrogen) atoms. The van der Waals surface area contributed by atoms with Gasteiger partial charge in [0.2, 0.25) is 5.88 Å². The van der Waals surface area contributed by atoms with Gasteiger partial charge >= 0.3 is 0 Å². The van der Waals surface area contributed by atoms with Gasteiger partial charge in [0.25, 0.3) is 5.91 Å². The zero-order valence-electron chi connectivity index (χ0n) is 8.92. The Morgan fingerprint density at radius 3 is 3.29 bits per heavy atom. The molecule has 1 amide bonds. The van der Waals surface area contributed by atoms with Gasteiger partial charge < -0.3 is 14.6 Å². The number of anilines is 1. The molecule has 3 heterocycles. The summed E-state index contributed by atoms with van der Waals surface area (Å²) < 4.78 is 11.7. The Hall–Kier alpha value is -2.31. The van der Waals surface area contributed by atoms with Crippen LogP contribution in [0, 0.1) is 0 Å². The van der Waals surface area contributed by atoms with Crippen LogP contribution in [-0.2, 0) is 6.54 Å². The molecule has 0 saturated heterocycles. The van der Waals surface area contributed by atoms with E-state index >= 15 is 0 Å². The maximum Gasteiger partial charge on any atom is 0.264 e. The number of aryl methyl sites for hydroxylation is 1. The summed E-state index contributed by atoms with van der Waals surface area (Å²) in [5, 5.41) is 10.3. The minimum absolute atomic E-state index is 0.304. The van der Waals surface area contributed by atoms with E-state index in [0.717, 1.165) is 13.0 Å². The number of amides is 1. The number of hydrogen-bond acceptors (Lipinski definition) is 5. The third-order valence-corrected chi connectivity index (χ3v) is 2.47. The molecule has 1 aliphatic heterocycles. The Morgan fingerprint density at radius 1 is 1.53 bits per heavy atom. The third-order valence-electron chi connectivity index (χ3n) is 2.47. The molecule has 0 unspecified atom stereocenters. The van der Waals surface area contributed by atoms with Gasteiger partial charge in [0.15, 0.2) is 5.82 Å². The second-order valence-electron chi connectivity index (χ2n) is 3.63. The molecule has 0 radical (unpaired) electrons. The van der Waals surface area contributed by atoms with Crippen molar-refractivity contribution in [3.63, 3.8) is 0 Å². The number of nitrogens with one attached hydrogen (secondary N) is 1. The van der Waals surface area contributed by atoms with Crippen LogP contribution in [0.5, 0.6) is 5.88 Å². The first-order valence-electron chi connectivity index (χ1n) is 5.25. The smallest absolute Gasteiger partial charge is 0.264 e. The Morgan fingerprint density at radius 2 is 2.47 bits per heavy atom. The van der Waals surface area contributed by atoms with Crippen LogP contribution in [-0.4, -0.2) is 27.5 Å². The number of hydrogen-bond donors (Lipinski definition) is 1. The van der Waals surface area contributed by atoms with Crippen molar-refractivity contribution in [3.8, 4) is 5.88 Å². The molecule has 1 N–H and O–H groups in total. The first kappa shape index (κ1) is 9.88. The summed E-state index contributed by atoms with van der Waals surface area (Å²) in [6.07, 6.45) is 3.79. The first-order chi connectivity index (χ1) is 8.34. The topological polar surface area (TPSA) is 82.2 Å². The van der Waals surface area contributed by atoms with Gasteiger partial charge in [-0.1, -0.05) is 5.16 Å². The van der Waals surface area contributed by atoms with Crippen molar-refractivity contribution in [2.24, 2.45) is 0 Å². The molecule has 88 valence electrons. The molecular formula is C10H10N4O3. The molecule has 7 nitrogen and oxygen atoms in total. The van der Waals surface area contributed by atoms with Crippen molar-refractivity contribution >= 4 is 11.7 Å². The fourth-order valence-corrected chi connectivity index (χ4v) is 1.69. The van der Waals surface area contributed by atoms with Gasteiger partial charge in [-0.15, -0.1) is 0 Å². The summed E-state index contributed by atoms with van der Waals surface area (Å²) in [5.74, 6) is 0.574. The van der Waals surface area contributed by atoms with E-state index in [4.69, 9.17) is 4.74 Å². The van der Waals surface area contributed by atoms with Gasteiger partial charge in [0.1, 0.15) is 11.8 Å². The molecule has 7 heteroatoms. The number of aromatic nitrogens is 3. The van der Waals surface area contributed by atoms with Crippen LogP contribution in [0.1, 0.15) is 16.8 Å². The first-order valence-corrected chi connectivity index (χ1v) is 5.25. The fourth-order valence-electron chi connectivity index (χ4n) is 1.69. The van der Waals surface area contributed by atoms with Gasteiger partial charge in [-0.3, -0.25) is 4.79 Å². The highest BCUT2D eigenvalue weighted by Gasteiger charge is 2.21. The molecule has 0 spiro atoms. The van der Waals surface area contributed by atoms with Crippen LogP contribution in [0.25, 0.3) is 0 Å². The van der Waals surface area contributed by atoms with E-state index < -0.39 is 0 Å². The third kappa shape index (κ3) is 1.75. The molecule has 0 bridgehead atoms. The Bertz CT molecular complexity index is 532. The van der Waals surface area contributed by atoms with Gasteiger partial charge in [0, 0.05) is 19.0 Å². The molecule has 1 aliphatic rings. The minimum Gasteiger partial charge on any atom is -0.477 e. The van der Waals surface area contributed by atoms with E-state index in [-0.39, 0.29) is 5.91 Å². The predicted molar refractivity (Wildman–Crippen MR) is 56.8 cm³/mol. The largest absolute Gasteiger partial charge is 0.477 e. The van der Waals surface area contributed by atoms with Gasteiger partial charge in [0.05, 0.1) is 12.8 Å². The van der Waals surface area contributed by atoms with E-state index in [9.17, 15) is 4.79 Å². The summed E-state index contributed by atoms with van der Waals surface area (Å²) in [5.41, 5.74) is 0.410. The van der Waals surface area contributed by atoms with E-state index in [1.54, 1.807) is 10.7 Å². The maximum atomic E-state index is 11.9. The number of carbonyl (C=O) groups excluding carboxylic acids is 1. The average Bonchev–Trinajstić information content (AvgIpc) is 2.96. The normalized spacial score (nSPS) is 13.9. The zero-order valence-corrected chi connectivity index (χ0v) is 8.92. The summed E-state index contributed by atoms with van der Waals surface area (Å²) >= 11 is 0. The fraction of sp³-hybridized carbons (Fsp3) is 0.300. The van der Waals surface area contributed by atoms with Crippen LogP contribution >= 0.6 is 0 Å². The van der Waals surface area contributed by atoms with Gasteiger partial charge in [-0.05, 0) is 0 Å². The van der Waals surface area contributed by atoms with E-state index in [1.165, 1.54) is 12.5 Å². The number of carbonyl (C=O) groups is 1. The molecule has 0 fully saturated rings. The molecule has 2 aromatic heterocycles. The lowest BCUT2D eigenvalue weighted by molar-refractivity contribution is 0.101. The number of nitrogens with zero attached hydrogens (tertiary/aromatic N) is 3. The summed E-state index contributed by atoms with van der Waals surface area (Å²) in [6, 6.07) is 1.56. The van der Waals surface area contributed by atoms with Crippen LogP contribution < -0.4 is 10.1 Å². The van der Waals surface area contributed by atoms with Crippen LogP contribution in [0.2, 0.25) is 0 Å². The van der Waals surface area contributed by atoms with Crippen LogP contribution in [0.15, 0.2) is 23.0 Å². The summed E-state index contributed by atoms with van der Waals surface area (Å²) in [7, 11) is 0. The number of rotatable bonds is 2. The monoisotopic (exact) mass is 234 g/mol. The standard InChI is InChI=1S/C10H10N4O3/c15-9(12-8-2-5-17-13-8)7-6-11-14-3-1-4-16-10(7)14/h2,5-6H,1,3-4H2,(H,12,13,15). The molecule has 3 rings (SSSR count). The van der Waals surface area contributed by atoms with Crippen molar-refractivity contribution in [2.75, 3.05) is 11.9 Å². The van der Waals surface area contributed by atoms with E-state index in [1.807, 2.05) is 0 Å². The molecule has 0 atom stereocenters. The highest BCUT2D eigenvalue weighted by Crippen LogP contribution is 2.22. The summed E-state index contributed by atoms with van der Waals surface area (Å²) in [6.45, 7) is 1.38. The van der Waals surface area contributed by atoms with Crippen LogP contribution in [0.4, 0.5) is 5.82 Å². The summed E-state index contributed by atoms with van der Waals surface area (Å²) in [4.78, 5) is 11.9. The van der Waals surface area contributed by atoms with Crippen molar-refractivity contribution in [2.45, 2.75) is 13.0 Å². The second-order valence-corrected chi connectivity index (χ2v) is 3.63.